The van der Waals surface area contributed by atoms with Crippen molar-refractivity contribution in [3.63, 3.8) is 0 Å². The Morgan fingerprint density at radius 2 is 1.86 bits per heavy atom. The fourth-order valence-corrected chi connectivity index (χ4v) is 1.46. The summed E-state index contributed by atoms with van der Waals surface area (Å²) in [5, 5.41) is 0. The lowest BCUT2D eigenvalue weighted by Crippen LogP contribution is -2.30. The van der Waals surface area contributed by atoms with Gasteiger partial charge in [-0.15, -0.1) is 0 Å². The number of carbonyl (C=O) groups excluding carboxylic acids is 1. The summed E-state index contributed by atoms with van der Waals surface area (Å²) in [6.45, 7) is 8.98. The summed E-state index contributed by atoms with van der Waals surface area (Å²) in [6, 6.07) is 0. The zero-order valence-electron chi connectivity index (χ0n) is 9.92. The van der Waals surface area contributed by atoms with Gasteiger partial charge in [0, 0.05) is 7.11 Å². The van der Waals surface area contributed by atoms with Gasteiger partial charge < -0.3 is 9.47 Å². The normalized spacial score (nSPS) is 13.8. The number of rotatable bonds is 5. The highest BCUT2D eigenvalue weighted by Gasteiger charge is 2.30. The van der Waals surface area contributed by atoms with Gasteiger partial charge in [0.1, 0.15) is 6.61 Å². The molecule has 3 nitrogen and oxygen atoms in total. The monoisotopic (exact) mass is 202 g/mol. The minimum Gasteiger partial charge on any atom is -0.463 e. The molecule has 3 heteroatoms. The number of carbonyl (C=O) groups is 1. The molecule has 0 heterocycles. The Labute approximate surface area is 86.8 Å². The van der Waals surface area contributed by atoms with Crippen molar-refractivity contribution in [2.75, 3.05) is 20.3 Å². The molecule has 0 N–H and O–H groups in total. The number of hydrogen-bond acceptors (Lipinski definition) is 3. The zero-order chi connectivity index (χ0) is 11.2. The summed E-state index contributed by atoms with van der Waals surface area (Å²) in [5.41, 5.74) is -0.0289. The smallest absolute Gasteiger partial charge is 0.309 e. The molecule has 84 valence electrons. The Morgan fingerprint density at radius 3 is 2.21 bits per heavy atom. The van der Waals surface area contributed by atoms with Crippen molar-refractivity contribution in [1.82, 2.24) is 0 Å². The first kappa shape index (κ1) is 13.4. The summed E-state index contributed by atoms with van der Waals surface area (Å²) in [7, 11) is 1.59. The summed E-state index contributed by atoms with van der Waals surface area (Å²) >= 11 is 0. The molecule has 0 saturated carbocycles. The largest absolute Gasteiger partial charge is 0.463 e. The van der Waals surface area contributed by atoms with Gasteiger partial charge in [0.25, 0.3) is 0 Å². The molecule has 0 saturated heterocycles. The molecule has 0 aromatic heterocycles. The minimum atomic E-state index is -0.114. The Kier molecular flexibility index (Phi) is 5.77. The van der Waals surface area contributed by atoms with E-state index < -0.39 is 0 Å². The number of esters is 1. The standard InChI is InChI=1S/C11H22O3/c1-6-9(11(2,3)4)10(12)14-8-7-13-5/h9H,6-8H2,1-5H3. The lowest BCUT2D eigenvalue weighted by molar-refractivity contribution is -0.153. The third kappa shape index (κ3) is 4.61. The average Bonchev–Trinajstić information content (AvgIpc) is 2.03. The van der Waals surface area contributed by atoms with Crippen molar-refractivity contribution in [3.05, 3.63) is 0 Å². The van der Waals surface area contributed by atoms with Gasteiger partial charge in [0.15, 0.2) is 0 Å². The Balaban J connectivity index is 4.06. The van der Waals surface area contributed by atoms with Gasteiger partial charge in [-0.05, 0) is 11.8 Å². The van der Waals surface area contributed by atoms with E-state index >= 15 is 0 Å². The second-order valence-electron chi connectivity index (χ2n) is 4.49. The summed E-state index contributed by atoms with van der Waals surface area (Å²) in [4.78, 5) is 11.6. The van der Waals surface area contributed by atoms with Crippen molar-refractivity contribution in [2.24, 2.45) is 11.3 Å². The molecule has 0 amide bonds. The lowest BCUT2D eigenvalue weighted by atomic mass is 9.79. The van der Waals surface area contributed by atoms with Crippen LogP contribution in [0.1, 0.15) is 34.1 Å². The maximum Gasteiger partial charge on any atom is 0.309 e. The maximum absolute atomic E-state index is 11.6. The van der Waals surface area contributed by atoms with Crippen molar-refractivity contribution in [2.45, 2.75) is 34.1 Å². The quantitative estimate of drug-likeness (QED) is 0.506. The van der Waals surface area contributed by atoms with Crippen molar-refractivity contribution < 1.29 is 14.3 Å². The third-order valence-corrected chi connectivity index (χ3v) is 2.27. The Bertz CT molecular complexity index is 170. The van der Waals surface area contributed by atoms with Gasteiger partial charge in [0.2, 0.25) is 0 Å². The third-order valence-electron chi connectivity index (χ3n) is 2.27. The fourth-order valence-electron chi connectivity index (χ4n) is 1.46. The Morgan fingerprint density at radius 1 is 1.29 bits per heavy atom. The van der Waals surface area contributed by atoms with E-state index in [-0.39, 0.29) is 17.3 Å². The summed E-state index contributed by atoms with van der Waals surface area (Å²) < 4.78 is 9.91. The number of methoxy groups -OCH3 is 1. The second kappa shape index (κ2) is 6.02. The van der Waals surface area contributed by atoms with Crippen molar-refractivity contribution in [3.8, 4) is 0 Å². The van der Waals surface area contributed by atoms with Crippen LogP contribution in [0.25, 0.3) is 0 Å². The summed E-state index contributed by atoms with van der Waals surface area (Å²) in [6.07, 6.45) is 0.815. The number of hydrogen-bond donors (Lipinski definition) is 0. The van der Waals surface area contributed by atoms with Gasteiger partial charge in [-0.3, -0.25) is 4.79 Å². The van der Waals surface area contributed by atoms with E-state index in [2.05, 4.69) is 20.8 Å². The molecule has 0 aromatic carbocycles. The number of ether oxygens (including phenoxy) is 2. The van der Waals surface area contributed by atoms with Gasteiger partial charge in [0.05, 0.1) is 12.5 Å². The first-order chi connectivity index (χ1) is 6.43. The molecule has 1 atom stereocenters. The topological polar surface area (TPSA) is 35.5 Å². The van der Waals surface area contributed by atoms with Crippen molar-refractivity contribution in [1.29, 1.82) is 0 Å². The predicted molar refractivity (Wildman–Crippen MR) is 56.1 cm³/mol. The highest BCUT2D eigenvalue weighted by Crippen LogP contribution is 2.29. The van der Waals surface area contributed by atoms with Crippen LogP contribution < -0.4 is 0 Å². The molecule has 0 radical (unpaired) electrons. The highest BCUT2D eigenvalue weighted by atomic mass is 16.6. The molecule has 0 bridgehead atoms. The maximum atomic E-state index is 11.6. The van der Waals surface area contributed by atoms with Crippen LogP contribution in [0.5, 0.6) is 0 Å². The van der Waals surface area contributed by atoms with Crippen LogP contribution in [0.2, 0.25) is 0 Å². The SMILES string of the molecule is CCC(C(=O)OCCOC)C(C)(C)C. The van der Waals surface area contributed by atoms with Crippen LogP contribution in [0.15, 0.2) is 0 Å². The predicted octanol–water partition coefficient (Wildman–Crippen LogP) is 2.25. The average molecular weight is 202 g/mol. The zero-order valence-corrected chi connectivity index (χ0v) is 9.92. The van der Waals surface area contributed by atoms with Crippen LogP contribution in [-0.2, 0) is 14.3 Å². The molecule has 0 spiro atoms. The van der Waals surface area contributed by atoms with E-state index in [4.69, 9.17) is 9.47 Å². The minimum absolute atomic E-state index is 0.0284. The summed E-state index contributed by atoms with van der Waals surface area (Å²) in [5.74, 6) is -0.142. The van der Waals surface area contributed by atoms with Crippen molar-refractivity contribution >= 4 is 5.97 Å². The molecular formula is C11H22O3. The molecule has 14 heavy (non-hydrogen) atoms. The van der Waals surface area contributed by atoms with E-state index in [1.54, 1.807) is 7.11 Å². The highest BCUT2D eigenvalue weighted by molar-refractivity contribution is 5.73. The molecular weight excluding hydrogens is 180 g/mol. The molecule has 1 unspecified atom stereocenters. The molecule has 0 aliphatic carbocycles. The molecule has 0 fully saturated rings. The van der Waals surface area contributed by atoms with Gasteiger partial charge in [-0.2, -0.15) is 0 Å². The van der Waals surface area contributed by atoms with Crippen LogP contribution in [-0.4, -0.2) is 26.3 Å². The van der Waals surface area contributed by atoms with E-state index in [0.29, 0.717) is 13.2 Å². The molecule has 0 rings (SSSR count). The van der Waals surface area contributed by atoms with E-state index in [1.165, 1.54) is 0 Å². The Hall–Kier alpha value is -0.570. The van der Waals surface area contributed by atoms with Crippen LogP contribution in [0, 0.1) is 11.3 Å². The van der Waals surface area contributed by atoms with E-state index in [1.807, 2.05) is 6.92 Å². The first-order valence-electron chi connectivity index (χ1n) is 5.09. The van der Waals surface area contributed by atoms with Gasteiger partial charge in [-0.1, -0.05) is 27.7 Å². The van der Waals surface area contributed by atoms with E-state index in [0.717, 1.165) is 6.42 Å². The van der Waals surface area contributed by atoms with Crippen LogP contribution in [0.3, 0.4) is 0 Å². The second-order valence-corrected chi connectivity index (χ2v) is 4.49. The fraction of sp³-hybridized carbons (Fsp3) is 0.909. The lowest BCUT2D eigenvalue weighted by Gasteiger charge is -2.27. The molecule has 0 aromatic rings. The van der Waals surface area contributed by atoms with Crippen LogP contribution >= 0.6 is 0 Å². The van der Waals surface area contributed by atoms with E-state index in [9.17, 15) is 4.79 Å². The van der Waals surface area contributed by atoms with Gasteiger partial charge in [-0.25, -0.2) is 0 Å². The van der Waals surface area contributed by atoms with Gasteiger partial charge >= 0.3 is 5.97 Å². The molecule has 0 aliphatic heterocycles. The molecule has 0 aliphatic rings. The van der Waals surface area contributed by atoms with Crippen LogP contribution in [0.4, 0.5) is 0 Å². The first-order valence-corrected chi connectivity index (χ1v) is 5.09.